The molecule has 0 amide bonds. The second-order valence-electron chi connectivity index (χ2n) is 5.63. The quantitative estimate of drug-likeness (QED) is 0.811. The van der Waals surface area contributed by atoms with Gasteiger partial charge in [-0.3, -0.25) is 0 Å². The smallest absolute Gasteiger partial charge is 0.0409 e. The standard InChI is InChI=1S/C16H24ClN/c1-12(14-7-4-3-5-8-14)18-13(2)15-9-6-10-16(17)11-15/h6,9-14,18H,3-5,7-8H2,1-2H3/t12?,13-/m1/s1. The van der Waals surface area contributed by atoms with Gasteiger partial charge >= 0.3 is 0 Å². The first-order valence-electron chi connectivity index (χ1n) is 7.18. The van der Waals surface area contributed by atoms with E-state index in [0.717, 1.165) is 10.9 Å². The van der Waals surface area contributed by atoms with Crippen LogP contribution in [0.5, 0.6) is 0 Å². The average Bonchev–Trinajstić information content (AvgIpc) is 2.39. The number of rotatable bonds is 4. The second-order valence-corrected chi connectivity index (χ2v) is 6.07. The highest BCUT2D eigenvalue weighted by molar-refractivity contribution is 6.30. The van der Waals surface area contributed by atoms with E-state index in [1.54, 1.807) is 0 Å². The highest BCUT2D eigenvalue weighted by Crippen LogP contribution is 2.28. The van der Waals surface area contributed by atoms with Gasteiger partial charge in [0.25, 0.3) is 0 Å². The third kappa shape index (κ3) is 3.73. The molecule has 1 aromatic rings. The molecule has 2 heteroatoms. The molecule has 2 atom stereocenters. The van der Waals surface area contributed by atoms with Crippen LogP contribution in [0.4, 0.5) is 0 Å². The highest BCUT2D eigenvalue weighted by atomic mass is 35.5. The van der Waals surface area contributed by atoms with Crippen molar-refractivity contribution in [3.8, 4) is 0 Å². The van der Waals surface area contributed by atoms with Gasteiger partial charge in [0.05, 0.1) is 0 Å². The van der Waals surface area contributed by atoms with E-state index in [2.05, 4.69) is 31.3 Å². The topological polar surface area (TPSA) is 12.0 Å². The van der Waals surface area contributed by atoms with Crippen LogP contribution in [-0.2, 0) is 0 Å². The molecule has 1 saturated carbocycles. The molecule has 1 aliphatic carbocycles. The van der Waals surface area contributed by atoms with Crippen molar-refractivity contribution in [3.05, 3.63) is 34.9 Å². The van der Waals surface area contributed by atoms with E-state index in [9.17, 15) is 0 Å². The highest BCUT2D eigenvalue weighted by Gasteiger charge is 2.21. The fourth-order valence-corrected chi connectivity index (χ4v) is 3.24. The lowest BCUT2D eigenvalue weighted by molar-refractivity contribution is 0.268. The molecule has 2 rings (SSSR count). The third-order valence-electron chi connectivity index (χ3n) is 4.22. The Morgan fingerprint density at radius 2 is 1.89 bits per heavy atom. The molecule has 0 spiro atoms. The summed E-state index contributed by atoms with van der Waals surface area (Å²) in [7, 11) is 0. The molecule has 0 heterocycles. The lowest BCUT2D eigenvalue weighted by Crippen LogP contribution is -2.36. The van der Waals surface area contributed by atoms with Gasteiger partial charge < -0.3 is 5.32 Å². The van der Waals surface area contributed by atoms with Crippen LogP contribution < -0.4 is 5.32 Å². The lowest BCUT2D eigenvalue weighted by atomic mass is 9.84. The Hall–Kier alpha value is -0.530. The molecule has 0 radical (unpaired) electrons. The molecule has 0 aliphatic heterocycles. The minimum Gasteiger partial charge on any atom is -0.307 e. The zero-order valence-electron chi connectivity index (χ0n) is 11.5. The molecule has 0 saturated heterocycles. The Bertz CT molecular complexity index is 371. The molecule has 1 aliphatic rings. The molecular weight excluding hydrogens is 242 g/mol. The summed E-state index contributed by atoms with van der Waals surface area (Å²) in [5.41, 5.74) is 1.28. The van der Waals surface area contributed by atoms with Gasteiger partial charge in [-0.1, -0.05) is 43.0 Å². The summed E-state index contributed by atoms with van der Waals surface area (Å²) in [5, 5.41) is 4.56. The summed E-state index contributed by atoms with van der Waals surface area (Å²) in [4.78, 5) is 0. The average molecular weight is 266 g/mol. The fourth-order valence-electron chi connectivity index (χ4n) is 3.04. The van der Waals surface area contributed by atoms with Crippen LogP contribution in [0.3, 0.4) is 0 Å². The van der Waals surface area contributed by atoms with E-state index in [4.69, 9.17) is 11.6 Å². The van der Waals surface area contributed by atoms with Crippen LogP contribution in [0.25, 0.3) is 0 Å². The molecule has 1 nitrogen and oxygen atoms in total. The minimum atomic E-state index is 0.376. The van der Waals surface area contributed by atoms with Crippen molar-refractivity contribution < 1.29 is 0 Å². The Morgan fingerprint density at radius 1 is 1.17 bits per heavy atom. The van der Waals surface area contributed by atoms with Crippen molar-refractivity contribution in [3.63, 3.8) is 0 Å². The summed E-state index contributed by atoms with van der Waals surface area (Å²) in [6.45, 7) is 4.56. The minimum absolute atomic E-state index is 0.376. The maximum Gasteiger partial charge on any atom is 0.0409 e. The number of hydrogen-bond donors (Lipinski definition) is 1. The SMILES string of the molecule is CC(N[C@H](C)c1cccc(Cl)c1)C1CCCCC1. The second kappa shape index (κ2) is 6.58. The summed E-state index contributed by atoms with van der Waals surface area (Å²) in [6.07, 6.45) is 7.00. The van der Waals surface area contributed by atoms with Gasteiger partial charge in [-0.15, -0.1) is 0 Å². The van der Waals surface area contributed by atoms with Gasteiger partial charge in [-0.05, 0) is 50.3 Å². The van der Waals surface area contributed by atoms with E-state index < -0.39 is 0 Å². The summed E-state index contributed by atoms with van der Waals surface area (Å²) < 4.78 is 0. The van der Waals surface area contributed by atoms with Crippen molar-refractivity contribution in [1.29, 1.82) is 0 Å². The van der Waals surface area contributed by atoms with Crippen molar-refractivity contribution in [2.45, 2.75) is 58.0 Å². The van der Waals surface area contributed by atoms with Crippen LogP contribution in [0.2, 0.25) is 5.02 Å². The largest absolute Gasteiger partial charge is 0.307 e. The zero-order chi connectivity index (χ0) is 13.0. The summed E-state index contributed by atoms with van der Waals surface area (Å²) >= 11 is 6.05. The van der Waals surface area contributed by atoms with Gasteiger partial charge in [0.15, 0.2) is 0 Å². The molecule has 1 N–H and O–H groups in total. The third-order valence-corrected chi connectivity index (χ3v) is 4.45. The number of hydrogen-bond acceptors (Lipinski definition) is 1. The molecule has 100 valence electrons. The van der Waals surface area contributed by atoms with Crippen LogP contribution >= 0.6 is 11.6 Å². The van der Waals surface area contributed by atoms with Gasteiger partial charge in [-0.2, -0.15) is 0 Å². The molecule has 1 fully saturated rings. The fraction of sp³-hybridized carbons (Fsp3) is 0.625. The Labute approximate surface area is 116 Å². The maximum absolute atomic E-state index is 6.05. The molecule has 0 bridgehead atoms. The maximum atomic E-state index is 6.05. The first-order valence-corrected chi connectivity index (χ1v) is 7.56. The van der Waals surface area contributed by atoms with E-state index in [0.29, 0.717) is 12.1 Å². The van der Waals surface area contributed by atoms with Gasteiger partial charge in [0.2, 0.25) is 0 Å². The van der Waals surface area contributed by atoms with Crippen LogP contribution in [0.1, 0.15) is 57.6 Å². The van der Waals surface area contributed by atoms with Gasteiger partial charge in [0, 0.05) is 17.1 Å². The number of halogens is 1. The Morgan fingerprint density at radius 3 is 2.56 bits per heavy atom. The first kappa shape index (κ1) is 13.9. The predicted molar refractivity (Wildman–Crippen MR) is 79.0 cm³/mol. The number of nitrogens with one attached hydrogen (secondary N) is 1. The van der Waals surface area contributed by atoms with Gasteiger partial charge in [0.1, 0.15) is 0 Å². The van der Waals surface area contributed by atoms with Crippen molar-refractivity contribution >= 4 is 11.6 Å². The van der Waals surface area contributed by atoms with E-state index >= 15 is 0 Å². The Kier molecular flexibility index (Phi) is 5.08. The van der Waals surface area contributed by atoms with Crippen LogP contribution in [-0.4, -0.2) is 6.04 Å². The van der Waals surface area contributed by atoms with Crippen molar-refractivity contribution in [2.75, 3.05) is 0 Å². The summed E-state index contributed by atoms with van der Waals surface area (Å²) in [6, 6.07) is 9.15. The van der Waals surface area contributed by atoms with E-state index in [-0.39, 0.29) is 0 Å². The predicted octanol–water partition coefficient (Wildman–Crippen LogP) is 4.96. The normalized spacial score (nSPS) is 20.6. The van der Waals surface area contributed by atoms with Crippen molar-refractivity contribution in [1.82, 2.24) is 5.32 Å². The summed E-state index contributed by atoms with van der Waals surface area (Å²) in [5.74, 6) is 0.848. The van der Waals surface area contributed by atoms with E-state index in [1.807, 2.05) is 12.1 Å². The molecule has 18 heavy (non-hydrogen) atoms. The van der Waals surface area contributed by atoms with Crippen LogP contribution in [0, 0.1) is 5.92 Å². The molecule has 1 aromatic carbocycles. The lowest BCUT2D eigenvalue weighted by Gasteiger charge is -2.30. The molecule has 0 aromatic heterocycles. The molecule has 1 unspecified atom stereocenters. The molecular formula is C16H24ClN. The number of benzene rings is 1. The Balaban J connectivity index is 1.91. The zero-order valence-corrected chi connectivity index (χ0v) is 12.2. The van der Waals surface area contributed by atoms with Gasteiger partial charge in [-0.25, -0.2) is 0 Å². The monoisotopic (exact) mass is 265 g/mol. The first-order chi connectivity index (χ1) is 8.66. The van der Waals surface area contributed by atoms with E-state index in [1.165, 1.54) is 37.7 Å². The van der Waals surface area contributed by atoms with Crippen molar-refractivity contribution in [2.24, 2.45) is 5.92 Å². The van der Waals surface area contributed by atoms with Crippen LogP contribution in [0.15, 0.2) is 24.3 Å².